The quantitative estimate of drug-likeness (QED) is 0.531. The number of sulfonamides is 1. The highest BCUT2D eigenvalue weighted by atomic mass is 32.2. The maximum atomic E-state index is 13.3. The number of hydrogen-bond donors (Lipinski definition) is 1. The molecule has 3 aromatic rings. The van der Waals surface area contributed by atoms with Gasteiger partial charge in [0.25, 0.3) is 0 Å². The van der Waals surface area contributed by atoms with Crippen molar-refractivity contribution in [3.05, 3.63) is 83.9 Å². The Kier molecular flexibility index (Phi) is 7.50. The third-order valence-electron chi connectivity index (χ3n) is 4.86. The fourth-order valence-electron chi connectivity index (χ4n) is 3.13. The number of nitrogens with one attached hydrogen (secondary N) is 1. The Hall–Kier alpha value is -3.36. The van der Waals surface area contributed by atoms with E-state index in [4.69, 9.17) is 9.47 Å². The maximum absolute atomic E-state index is 13.3. The summed E-state index contributed by atoms with van der Waals surface area (Å²) in [5.74, 6) is 0.479. The first-order valence-corrected chi connectivity index (χ1v) is 11.4. The van der Waals surface area contributed by atoms with Crippen LogP contribution in [0.1, 0.15) is 11.1 Å². The van der Waals surface area contributed by atoms with Crippen molar-refractivity contribution >= 4 is 21.6 Å². The number of benzene rings is 3. The topological polar surface area (TPSA) is 84.9 Å². The van der Waals surface area contributed by atoms with E-state index < -0.39 is 15.9 Å². The number of carbonyl (C=O) groups is 1. The van der Waals surface area contributed by atoms with Crippen LogP contribution in [-0.4, -0.2) is 39.4 Å². The molecule has 0 unspecified atom stereocenters. The minimum absolute atomic E-state index is 0.0557. The van der Waals surface area contributed by atoms with Crippen LogP contribution in [0.3, 0.4) is 0 Å². The van der Waals surface area contributed by atoms with Crippen LogP contribution >= 0.6 is 0 Å². The van der Waals surface area contributed by atoms with Gasteiger partial charge in [-0.3, -0.25) is 4.79 Å². The molecule has 0 atom stereocenters. The number of ether oxygens (including phenoxy) is 2. The number of anilines is 1. The second kappa shape index (κ2) is 10.3. The Balaban J connectivity index is 1.88. The van der Waals surface area contributed by atoms with Gasteiger partial charge >= 0.3 is 0 Å². The molecule has 0 aliphatic heterocycles. The highest BCUT2D eigenvalue weighted by Gasteiger charge is 2.27. The van der Waals surface area contributed by atoms with Gasteiger partial charge in [-0.15, -0.1) is 0 Å². The normalized spacial score (nSPS) is 11.2. The lowest BCUT2D eigenvalue weighted by molar-refractivity contribution is -0.116. The van der Waals surface area contributed by atoms with Crippen molar-refractivity contribution in [1.29, 1.82) is 0 Å². The molecule has 0 aliphatic carbocycles. The fourth-order valence-corrected chi connectivity index (χ4v) is 4.53. The van der Waals surface area contributed by atoms with Crippen LogP contribution in [-0.2, 0) is 21.4 Å². The van der Waals surface area contributed by atoms with Crippen molar-refractivity contribution < 1.29 is 22.7 Å². The van der Waals surface area contributed by atoms with E-state index in [2.05, 4.69) is 5.32 Å². The van der Waals surface area contributed by atoms with Crippen LogP contribution in [0.15, 0.2) is 77.7 Å². The van der Waals surface area contributed by atoms with E-state index in [1.54, 1.807) is 36.4 Å². The lowest BCUT2D eigenvalue weighted by atomic mass is 10.1. The van der Waals surface area contributed by atoms with Crippen LogP contribution in [0, 0.1) is 6.92 Å². The number of carbonyl (C=O) groups excluding carboxylic acids is 1. The van der Waals surface area contributed by atoms with Gasteiger partial charge in [0, 0.05) is 12.6 Å². The molecule has 32 heavy (non-hydrogen) atoms. The zero-order chi connectivity index (χ0) is 23.1. The van der Waals surface area contributed by atoms with Crippen molar-refractivity contribution in [3.8, 4) is 11.5 Å². The van der Waals surface area contributed by atoms with Crippen LogP contribution in [0.4, 0.5) is 5.69 Å². The average molecular weight is 455 g/mol. The number of aryl methyl sites for hydroxylation is 1. The zero-order valence-electron chi connectivity index (χ0n) is 18.2. The molecule has 0 heterocycles. The van der Waals surface area contributed by atoms with E-state index in [9.17, 15) is 13.2 Å². The summed E-state index contributed by atoms with van der Waals surface area (Å²) in [5.41, 5.74) is 2.24. The van der Waals surface area contributed by atoms with Crippen LogP contribution in [0.5, 0.6) is 11.5 Å². The first-order valence-electron chi connectivity index (χ1n) is 9.96. The molecule has 0 saturated heterocycles. The number of nitrogens with zero attached hydrogens (tertiary/aromatic N) is 1. The van der Waals surface area contributed by atoms with E-state index in [0.29, 0.717) is 17.2 Å². The molecular weight excluding hydrogens is 428 g/mol. The molecule has 1 N–H and O–H groups in total. The molecule has 168 valence electrons. The number of amides is 1. The first kappa shape index (κ1) is 23.3. The SMILES string of the molecule is COc1ccc(OC)c(NC(=O)CN(Cc2ccc(C)cc2)S(=O)(=O)c2ccccc2)c1. The molecule has 7 nitrogen and oxygen atoms in total. The molecule has 0 fully saturated rings. The van der Waals surface area contributed by atoms with E-state index in [-0.39, 0.29) is 18.0 Å². The molecule has 0 saturated carbocycles. The molecule has 0 aliphatic rings. The summed E-state index contributed by atoms with van der Waals surface area (Å²) in [6, 6.07) is 20.6. The van der Waals surface area contributed by atoms with Gasteiger partial charge in [0.1, 0.15) is 11.5 Å². The van der Waals surface area contributed by atoms with Crippen molar-refractivity contribution in [2.45, 2.75) is 18.4 Å². The van der Waals surface area contributed by atoms with E-state index in [1.807, 2.05) is 31.2 Å². The Labute approximate surface area is 188 Å². The summed E-state index contributed by atoms with van der Waals surface area (Å²) in [4.78, 5) is 13.0. The second-order valence-electron chi connectivity index (χ2n) is 7.19. The van der Waals surface area contributed by atoms with Gasteiger partial charge in [0.15, 0.2) is 0 Å². The summed E-state index contributed by atoms with van der Waals surface area (Å²) in [6.45, 7) is 1.64. The van der Waals surface area contributed by atoms with Crippen LogP contribution in [0.25, 0.3) is 0 Å². The molecule has 0 spiro atoms. The highest BCUT2D eigenvalue weighted by Crippen LogP contribution is 2.29. The summed E-state index contributed by atoms with van der Waals surface area (Å²) >= 11 is 0. The summed E-state index contributed by atoms with van der Waals surface area (Å²) in [7, 11) is -0.905. The van der Waals surface area contributed by atoms with Gasteiger partial charge in [-0.2, -0.15) is 4.31 Å². The molecule has 3 aromatic carbocycles. The van der Waals surface area contributed by atoms with Gasteiger partial charge < -0.3 is 14.8 Å². The van der Waals surface area contributed by atoms with Crippen molar-refractivity contribution in [3.63, 3.8) is 0 Å². The molecule has 1 amide bonds. The molecule has 3 rings (SSSR count). The Morgan fingerprint density at radius 1 is 0.938 bits per heavy atom. The largest absolute Gasteiger partial charge is 0.497 e. The third kappa shape index (κ3) is 5.66. The van der Waals surface area contributed by atoms with E-state index >= 15 is 0 Å². The van der Waals surface area contributed by atoms with Crippen LogP contribution < -0.4 is 14.8 Å². The zero-order valence-corrected chi connectivity index (χ0v) is 19.1. The lowest BCUT2D eigenvalue weighted by Crippen LogP contribution is -2.37. The average Bonchev–Trinajstić information content (AvgIpc) is 2.80. The van der Waals surface area contributed by atoms with Crippen molar-refractivity contribution in [2.75, 3.05) is 26.1 Å². The summed E-state index contributed by atoms with van der Waals surface area (Å²) in [6.07, 6.45) is 0. The maximum Gasteiger partial charge on any atom is 0.243 e. The summed E-state index contributed by atoms with van der Waals surface area (Å²) < 4.78 is 38.3. The number of hydrogen-bond acceptors (Lipinski definition) is 5. The monoisotopic (exact) mass is 454 g/mol. The Morgan fingerprint density at radius 2 is 1.62 bits per heavy atom. The first-order chi connectivity index (χ1) is 15.3. The lowest BCUT2D eigenvalue weighted by Gasteiger charge is -2.22. The Bertz CT molecular complexity index is 1160. The minimum atomic E-state index is -3.91. The number of rotatable bonds is 9. The third-order valence-corrected chi connectivity index (χ3v) is 6.67. The van der Waals surface area contributed by atoms with E-state index in [0.717, 1.165) is 15.4 Å². The molecular formula is C24H26N2O5S. The molecule has 0 aromatic heterocycles. The minimum Gasteiger partial charge on any atom is -0.497 e. The second-order valence-corrected chi connectivity index (χ2v) is 9.12. The highest BCUT2D eigenvalue weighted by molar-refractivity contribution is 7.89. The number of methoxy groups -OCH3 is 2. The predicted molar refractivity (Wildman–Crippen MR) is 123 cm³/mol. The van der Waals surface area contributed by atoms with Crippen molar-refractivity contribution in [2.24, 2.45) is 0 Å². The Morgan fingerprint density at radius 3 is 2.25 bits per heavy atom. The van der Waals surface area contributed by atoms with Gasteiger partial charge in [-0.25, -0.2) is 8.42 Å². The summed E-state index contributed by atoms with van der Waals surface area (Å²) in [5, 5.41) is 2.74. The van der Waals surface area contributed by atoms with Gasteiger partial charge in [-0.1, -0.05) is 48.0 Å². The molecule has 8 heteroatoms. The van der Waals surface area contributed by atoms with Crippen molar-refractivity contribution in [1.82, 2.24) is 4.31 Å². The standard InChI is InChI=1S/C24H26N2O5S/c1-18-9-11-19(12-10-18)16-26(32(28,29)21-7-5-4-6-8-21)17-24(27)25-22-15-20(30-2)13-14-23(22)31-3/h4-15H,16-17H2,1-3H3,(H,25,27). The predicted octanol–water partition coefficient (Wildman–Crippen LogP) is 3.84. The molecule has 0 radical (unpaired) electrons. The van der Waals surface area contributed by atoms with E-state index in [1.165, 1.54) is 26.4 Å². The van der Waals surface area contributed by atoms with Gasteiger partial charge in [-0.05, 0) is 36.8 Å². The molecule has 0 bridgehead atoms. The fraction of sp³-hybridized carbons (Fsp3) is 0.208. The van der Waals surface area contributed by atoms with Gasteiger partial charge in [0.05, 0.1) is 31.3 Å². The smallest absolute Gasteiger partial charge is 0.243 e. The van der Waals surface area contributed by atoms with Gasteiger partial charge in [0.2, 0.25) is 15.9 Å². The van der Waals surface area contributed by atoms with Crippen LogP contribution in [0.2, 0.25) is 0 Å².